The molecule has 0 aliphatic carbocycles. The molecule has 0 aromatic rings. The Balaban J connectivity index is 2.05. The van der Waals surface area contributed by atoms with Crippen molar-refractivity contribution in [2.75, 3.05) is 6.61 Å². The van der Waals surface area contributed by atoms with Gasteiger partial charge in [-0.2, -0.15) is 0 Å². The average molecular weight is 205 g/mol. The molecular weight excluding hydrogens is 194 g/mol. The number of carbonyl (C=O) groups is 1. The second-order valence-electron chi connectivity index (χ2n) is 3.28. The number of hydrogen-bond donors (Lipinski definition) is 4. The highest BCUT2D eigenvalue weighted by Crippen LogP contribution is 2.28. The maximum Gasteiger partial charge on any atom is 0.409 e. The minimum atomic E-state index is -1.18. The normalized spacial score (nSPS) is 42.9. The molecule has 5 atom stereocenters. The van der Waals surface area contributed by atoms with Gasteiger partial charge in [0.25, 0.3) is 0 Å². The molecule has 4 N–H and O–H groups in total. The number of alkyl carbamates (subject to hydrolysis) is 1. The minimum absolute atomic E-state index is 0.519. The number of ether oxygens (including phenoxy) is 2. The lowest BCUT2D eigenvalue weighted by Gasteiger charge is -2.19. The molecular formula is C7H11NO6. The molecule has 2 fully saturated rings. The van der Waals surface area contributed by atoms with Gasteiger partial charge in [-0.15, -0.1) is 0 Å². The van der Waals surface area contributed by atoms with Crippen LogP contribution in [0, 0.1) is 0 Å². The van der Waals surface area contributed by atoms with Crippen LogP contribution in [-0.2, 0) is 9.47 Å². The van der Waals surface area contributed by atoms with E-state index in [0.29, 0.717) is 0 Å². The Labute approximate surface area is 79.2 Å². The SMILES string of the molecule is O=C1NC2OC(C(O)CO)C(O)C2O1. The summed E-state index contributed by atoms with van der Waals surface area (Å²) in [6.07, 6.45) is -5.46. The third kappa shape index (κ3) is 1.34. The van der Waals surface area contributed by atoms with Crippen molar-refractivity contribution >= 4 is 6.09 Å². The van der Waals surface area contributed by atoms with Gasteiger partial charge in [0, 0.05) is 0 Å². The van der Waals surface area contributed by atoms with Crippen LogP contribution in [0.2, 0.25) is 0 Å². The van der Waals surface area contributed by atoms with Crippen LogP contribution in [0.5, 0.6) is 0 Å². The first-order chi connectivity index (χ1) is 6.63. The van der Waals surface area contributed by atoms with E-state index in [9.17, 15) is 15.0 Å². The third-order valence-electron chi connectivity index (χ3n) is 2.34. The summed E-state index contributed by atoms with van der Waals surface area (Å²) in [5.74, 6) is 0. The van der Waals surface area contributed by atoms with E-state index in [2.05, 4.69) is 5.32 Å². The molecule has 5 unspecified atom stereocenters. The summed E-state index contributed by atoms with van der Waals surface area (Å²) in [5, 5.41) is 29.8. The van der Waals surface area contributed by atoms with Crippen LogP contribution in [0.25, 0.3) is 0 Å². The standard InChI is InChI=1S/C7H11NO6/c9-1-2(10)4-3(11)5-6(13-4)8-7(12)14-5/h2-6,9-11H,1H2,(H,8,12). The molecule has 0 radical (unpaired) electrons. The Morgan fingerprint density at radius 1 is 1.57 bits per heavy atom. The monoisotopic (exact) mass is 205 g/mol. The molecule has 2 aliphatic rings. The third-order valence-corrected chi connectivity index (χ3v) is 2.34. The Hall–Kier alpha value is -0.890. The van der Waals surface area contributed by atoms with Crippen molar-refractivity contribution in [2.24, 2.45) is 0 Å². The van der Waals surface area contributed by atoms with Crippen molar-refractivity contribution in [3.63, 3.8) is 0 Å². The molecule has 2 rings (SSSR count). The number of rotatable bonds is 2. The molecule has 0 bridgehead atoms. The van der Waals surface area contributed by atoms with Crippen LogP contribution in [0.3, 0.4) is 0 Å². The summed E-state index contributed by atoms with van der Waals surface area (Å²) in [6, 6.07) is 0. The number of aliphatic hydroxyl groups excluding tert-OH is 3. The average Bonchev–Trinajstić information content (AvgIpc) is 2.64. The lowest BCUT2D eigenvalue weighted by atomic mass is 10.1. The Morgan fingerprint density at radius 3 is 2.86 bits per heavy atom. The van der Waals surface area contributed by atoms with Crippen LogP contribution in [0.1, 0.15) is 0 Å². The van der Waals surface area contributed by atoms with Crippen molar-refractivity contribution in [2.45, 2.75) is 30.6 Å². The lowest BCUT2D eigenvalue weighted by Crippen LogP contribution is -2.41. The van der Waals surface area contributed by atoms with Crippen LogP contribution in [0.4, 0.5) is 4.79 Å². The first kappa shape index (κ1) is 9.66. The van der Waals surface area contributed by atoms with Crippen molar-refractivity contribution in [1.82, 2.24) is 5.32 Å². The molecule has 0 aromatic carbocycles. The van der Waals surface area contributed by atoms with Crippen LogP contribution < -0.4 is 5.32 Å². The van der Waals surface area contributed by atoms with Gasteiger partial charge in [0.2, 0.25) is 0 Å². The van der Waals surface area contributed by atoms with Crippen molar-refractivity contribution in [3.05, 3.63) is 0 Å². The highest BCUT2D eigenvalue weighted by molar-refractivity contribution is 5.70. The Kier molecular flexibility index (Phi) is 2.31. The van der Waals surface area contributed by atoms with E-state index in [-0.39, 0.29) is 0 Å². The van der Waals surface area contributed by atoms with Gasteiger partial charge in [-0.05, 0) is 0 Å². The van der Waals surface area contributed by atoms with Crippen molar-refractivity contribution in [3.8, 4) is 0 Å². The highest BCUT2D eigenvalue weighted by atomic mass is 16.6. The molecule has 2 aliphatic heterocycles. The molecule has 0 saturated carbocycles. The van der Waals surface area contributed by atoms with Gasteiger partial charge in [0.1, 0.15) is 18.3 Å². The van der Waals surface area contributed by atoms with Crippen molar-refractivity contribution in [1.29, 1.82) is 0 Å². The molecule has 0 aromatic heterocycles. The zero-order chi connectivity index (χ0) is 10.3. The maximum absolute atomic E-state index is 10.7. The topological polar surface area (TPSA) is 108 Å². The molecule has 2 heterocycles. The van der Waals surface area contributed by atoms with E-state index < -0.39 is 43.3 Å². The second-order valence-corrected chi connectivity index (χ2v) is 3.28. The van der Waals surface area contributed by atoms with E-state index in [0.717, 1.165) is 0 Å². The number of aliphatic hydroxyl groups is 3. The summed E-state index contributed by atoms with van der Waals surface area (Å²) in [4.78, 5) is 10.7. The van der Waals surface area contributed by atoms with Gasteiger partial charge in [-0.1, -0.05) is 0 Å². The number of amides is 1. The summed E-state index contributed by atoms with van der Waals surface area (Å²) < 4.78 is 9.81. The molecule has 2 saturated heterocycles. The predicted molar refractivity (Wildman–Crippen MR) is 41.2 cm³/mol. The quantitative estimate of drug-likeness (QED) is 0.398. The van der Waals surface area contributed by atoms with E-state index in [1.54, 1.807) is 0 Å². The van der Waals surface area contributed by atoms with Gasteiger partial charge in [-0.3, -0.25) is 5.32 Å². The van der Waals surface area contributed by atoms with E-state index in [4.69, 9.17) is 14.6 Å². The van der Waals surface area contributed by atoms with Crippen molar-refractivity contribution < 1.29 is 29.6 Å². The van der Waals surface area contributed by atoms with E-state index >= 15 is 0 Å². The van der Waals surface area contributed by atoms with Gasteiger partial charge in [0.15, 0.2) is 12.3 Å². The maximum atomic E-state index is 10.7. The highest BCUT2D eigenvalue weighted by Gasteiger charge is 2.52. The number of fused-ring (bicyclic) bond motifs is 1. The first-order valence-electron chi connectivity index (χ1n) is 4.23. The fraction of sp³-hybridized carbons (Fsp3) is 0.857. The fourth-order valence-electron chi connectivity index (χ4n) is 1.64. The Morgan fingerprint density at radius 2 is 2.29 bits per heavy atom. The van der Waals surface area contributed by atoms with Crippen LogP contribution in [0.15, 0.2) is 0 Å². The zero-order valence-corrected chi connectivity index (χ0v) is 7.16. The number of nitrogens with one attached hydrogen (secondary N) is 1. The molecule has 0 spiro atoms. The van der Waals surface area contributed by atoms with Gasteiger partial charge >= 0.3 is 6.09 Å². The zero-order valence-electron chi connectivity index (χ0n) is 7.16. The lowest BCUT2D eigenvalue weighted by molar-refractivity contribution is -0.0862. The second kappa shape index (κ2) is 3.35. The molecule has 80 valence electrons. The first-order valence-corrected chi connectivity index (χ1v) is 4.23. The smallest absolute Gasteiger partial charge is 0.409 e. The molecule has 7 heteroatoms. The van der Waals surface area contributed by atoms with Gasteiger partial charge in [-0.25, -0.2) is 4.79 Å². The minimum Gasteiger partial charge on any atom is -0.438 e. The molecule has 14 heavy (non-hydrogen) atoms. The number of carbonyl (C=O) groups excluding carboxylic acids is 1. The van der Waals surface area contributed by atoms with E-state index in [1.807, 2.05) is 0 Å². The summed E-state index contributed by atoms with van der Waals surface area (Å²) >= 11 is 0. The van der Waals surface area contributed by atoms with E-state index in [1.165, 1.54) is 0 Å². The number of hydrogen-bond acceptors (Lipinski definition) is 6. The molecule has 7 nitrogen and oxygen atoms in total. The summed E-state index contributed by atoms with van der Waals surface area (Å²) in [7, 11) is 0. The summed E-state index contributed by atoms with van der Waals surface area (Å²) in [5.41, 5.74) is 0. The van der Waals surface area contributed by atoms with Gasteiger partial charge < -0.3 is 24.8 Å². The van der Waals surface area contributed by atoms with Gasteiger partial charge in [0.05, 0.1) is 6.61 Å². The predicted octanol–water partition coefficient (Wildman–Crippen LogP) is -2.47. The largest absolute Gasteiger partial charge is 0.438 e. The van der Waals surface area contributed by atoms with Crippen LogP contribution >= 0.6 is 0 Å². The van der Waals surface area contributed by atoms with Crippen LogP contribution in [-0.4, -0.2) is 58.7 Å². The fourth-order valence-corrected chi connectivity index (χ4v) is 1.64. The Bertz CT molecular complexity index is 246. The molecule has 1 amide bonds. The summed E-state index contributed by atoms with van der Waals surface area (Å²) in [6.45, 7) is -0.519.